The van der Waals surface area contributed by atoms with Crippen LogP contribution in [0.3, 0.4) is 0 Å². The van der Waals surface area contributed by atoms with E-state index in [9.17, 15) is 14.9 Å². The molecule has 0 amide bonds. The van der Waals surface area contributed by atoms with Gasteiger partial charge in [0.1, 0.15) is 0 Å². The van der Waals surface area contributed by atoms with Crippen molar-refractivity contribution in [1.82, 2.24) is 4.57 Å². The molecule has 0 aliphatic rings. The largest absolute Gasteiger partial charge is 0.334 e. The van der Waals surface area contributed by atoms with Gasteiger partial charge in [0, 0.05) is 24.7 Å². The maximum absolute atomic E-state index is 11.5. The highest BCUT2D eigenvalue weighted by Crippen LogP contribution is 2.03. The molecule has 1 rings (SSSR count). The van der Waals surface area contributed by atoms with E-state index in [-0.39, 0.29) is 5.69 Å². The van der Waals surface area contributed by atoms with Gasteiger partial charge in [0.05, 0.1) is 4.92 Å². The van der Waals surface area contributed by atoms with Gasteiger partial charge in [0.2, 0.25) is 0 Å². The number of aromatic nitrogens is 1. The van der Waals surface area contributed by atoms with E-state index in [0.717, 1.165) is 12.8 Å². The first kappa shape index (κ1) is 11.7. The molecule has 0 radical (unpaired) electrons. The van der Waals surface area contributed by atoms with Gasteiger partial charge >= 0.3 is 11.2 Å². The maximum atomic E-state index is 11.5. The summed E-state index contributed by atoms with van der Waals surface area (Å²) in [4.78, 5) is 21.3. The molecule has 0 spiro atoms. The summed E-state index contributed by atoms with van der Waals surface area (Å²) in [5.74, 6) is 0.531. The van der Waals surface area contributed by atoms with Crippen LogP contribution >= 0.6 is 11.6 Å². The molecule has 5 nitrogen and oxygen atoms in total. The van der Waals surface area contributed by atoms with E-state index in [1.165, 1.54) is 16.7 Å². The highest BCUT2D eigenvalue weighted by molar-refractivity contribution is 6.17. The highest BCUT2D eigenvalue weighted by atomic mass is 35.5. The normalized spacial score (nSPS) is 10.2. The molecule has 0 N–H and O–H groups in total. The van der Waals surface area contributed by atoms with Crippen LogP contribution in [0, 0.1) is 10.1 Å². The van der Waals surface area contributed by atoms with Crippen LogP contribution in [0.1, 0.15) is 12.8 Å². The molecule has 1 aromatic heterocycles. The minimum absolute atomic E-state index is 0.386. The molecule has 0 bridgehead atoms. The molecule has 0 aliphatic heterocycles. The molecule has 6 heteroatoms. The smallest absolute Gasteiger partial charge is 0.310 e. The molecule has 82 valence electrons. The summed E-state index contributed by atoms with van der Waals surface area (Å²) in [5.41, 5.74) is -0.944. The lowest BCUT2D eigenvalue weighted by atomic mass is 10.3. The number of halogens is 1. The molecule has 0 aliphatic carbocycles. The Hall–Kier alpha value is -1.36. The summed E-state index contributed by atoms with van der Waals surface area (Å²) in [6.45, 7) is 0.466. The van der Waals surface area contributed by atoms with Gasteiger partial charge in [-0.1, -0.05) is 0 Å². The zero-order valence-corrected chi connectivity index (χ0v) is 8.81. The standard InChI is InChI=1S/C9H11ClN2O3/c10-5-1-2-6-11-7-3-4-8(9(11)13)12(14)15/h3-4,7H,1-2,5-6H2. The van der Waals surface area contributed by atoms with Gasteiger partial charge in [-0.3, -0.25) is 14.9 Å². The Morgan fingerprint density at radius 2 is 2.20 bits per heavy atom. The van der Waals surface area contributed by atoms with Crippen molar-refractivity contribution in [3.05, 3.63) is 38.8 Å². The van der Waals surface area contributed by atoms with Crippen LogP contribution in [-0.2, 0) is 6.54 Å². The molecule has 0 aromatic carbocycles. The molecule has 0 atom stereocenters. The van der Waals surface area contributed by atoms with E-state index in [2.05, 4.69) is 0 Å². The minimum Gasteiger partial charge on any atom is -0.310 e. The van der Waals surface area contributed by atoms with Gasteiger partial charge in [-0.25, -0.2) is 0 Å². The van der Waals surface area contributed by atoms with E-state index in [1.807, 2.05) is 0 Å². The zero-order valence-electron chi connectivity index (χ0n) is 8.06. The number of nitrogens with zero attached hydrogens (tertiary/aromatic N) is 2. The number of unbranched alkanes of at least 4 members (excludes halogenated alkanes) is 1. The fourth-order valence-electron chi connectivity index (χ4n) is 1.22. The van der Waals surface area contributed by atoms with Crippen LogP contribution < -0.4 is 5.56 Å². The molecule has 0 saturated heterocycles. The first-order chi connectivity index (χ1) is 7.16. The quantitative estimate of drug-likeness (QED) is 0.335. The predicted molar refractivity (Wildman–Crippen MR) is 57.3 cm³/mol. The monoisotopic (exact) mass is 230 g/mol. The second kappa shape index (κ2) is 5.50. The van der Waals surface area contributed by atoms with Crippen molar-refractivity contribution in [1.29, 1.82) is 0 Å². The maximum Gasteiger partial charge on any atom is 0.334 e. The third kappa shape index (κ3) is 3.06. The number of alkyl halides is 1. The van der Waals surface area contributed by atoms with Crippen LogP contribution in [0.25, 0.3) is 0 Å². The second-order valence-electron chi connectivity index (χ2n) is 3.05. The molecule has 0 unspecified atom stereocenters. The molecule has 1 aromatic rings. The Bertz CT molecular complexity index is 403. The van der Waals surface area contributed by atoms with E-state index in [4.69, 9.17) is 11.6 Å². The number of rotatable bonds is 5. The van der Waals surface area contributed by atoms with Crippen molar-refractivity contribution >= 4 is 17.3 Å². The topological polar surface area (TPSA) is 65.1 Å². The number of nitro groups is 1. The molecule has 0 fully saturated rings. The van der Waals surface area contributed by atoms with Crippen molar-refractivity contribution in [2.75, 3.05) is 5.88 Å². The fourth-order valence-corrected chi connectivity index (χ4v) is 1.40. The Balaban J connectivity index is 2.85. The summed E-state index contributed by atoms with van der Waals surface area (Å²) < 4.78 is 1.34. The first-order valence-electron chi connectivity index (χ1n) is 4.56. The summed E-state index contributed by atoms with van der Waals surface area (Å²) in [6, 6.07) is 2.71. The van der Waals surface area contributed by atoms with E-state index < -0.39 is 10.5 Å². The average Bonchev–Trinajstić information content (AvgIpc) is 2.20. The van der Waals surface area contributed by atoms with Crippen molar-refractivity contribution in [3.63, 3.8) is 0 Å². The Morgan fingerprint density at radius 1 is 1.47 bits per heavy atom. The van der Waals surface area contributed by atoms with Crippen LogP contribution in [-0.4, -0.2) is 15.4 Å². The van der Waals surface area contributed by atoms with Crippen LogP contribution in [0.5, 0.6) is 0 Å². The lowest BCUT2D eigenvalue weighted by Crippen LogP contribution is -2.21. The summed E-state index contributed by atoms with van der Waals surface area (Å²) in [6.07, 6.45) is 3.07. The van der Waals surface area contributed by atoms with Gasteiger partial charge in [0.15, 0.2) is 0 Å². The fraction of sp³-hybridized carbons (Fsp3) is 0.444. The molecule has 15 heavy (non-hydrogen) atoms. The zero-order chi connectivity index (χ0) is 11.3. The van der Waals surface area contributed by atoms with Gasteiger partial charge in [-0.05, 0) is 18.9 Å². The van der Waals surface area contributed by atoms with Gasteiger partial charge in [-0.15, -0.1) is 11.6 Å². The second-order valence-corrected chi connectivity index (χ2v) is 3.42. The summed E-state index contributed by atoms with van der Waals surface area (Å²) >= 11 is 5.49. The molecular formula is C9H11ClN2O3. The van der Waals surface area contributed by atoms with E-state index in [1.54, 1.807) is 6.20 Å². The highest BCUT2D eigenvalue weighted by Gasteiger charge is 2.12. The number of hydrogen-bond donors (Lipinski definition) is 0. The Kier molecular flexibility index (Phi) is 4.30. The predicted octanol–water partition coefficient (Wildman–Crippen LogP) is 1.78. The number of hydrogen-bond acceptors (Lipinski definition) is 3. The number of aryl methyl sites for hydroxylation is 1. The van der Waals surface area contributed by atoms with Crippen molar-refractivity contribution in [2.24, 2.45) is 0 Å². The third-order valence-corrected chi connectivity index (χ3v) is 2.25. The van der Waals surface area contributed by atoms with Crippen molar-refractivity contribution in [2.45, 2.75) is 19.4 Å². The lowest BCUT2D eigenvalue weighted by molar-refractivity contribution is -0.386. The third-order valence-electron chi connectivity index (χ3n) is 1.98. The molecule has 0 saturated carbocycles. The van der Waals surface area contributed by atoms with Gasteiger partial charge in [0.25, 0.3) is 0 Å². The van der Waals surface area contributed by atoms with Crippen molar-refractivity contribution < 1.29 is 4.92 Å². The average molecular weight is 231 g/mol. The van der Waals surface area contributed by atoms with E-state index in [0.29, 0.717) is 12.4 Å². The van der Waals surface area contributed by atoms with Gasteiger partial charge in [-0.2, -0.15) is 0 Å². The van der Waals surface area contributed by atoms with Gasteiger partial charge < -0.3 is 4.57 Å². The Morgan fingerprint density at radius 3 is 2.80 bits per heavy atom. The molecule has 1 heterocycles. The van der Waals surface area contributed by atoms with E-state index >= 15 is 0 Å². The summed E-state index contributed by atoms with van der Waals surface area (Å²) in [5, 5.41) is 10.5. The van der Waals surface area contributed by atoms with Crippen LogP contribution in [0.15, 0.2) is 23.1 Å². The van der Waals surface area contributed by atoms with Crippen molar-refractivity contribution in [3.8, 4) is 0 Å². The number of pyridine rings is 1. The first-order valence-corrected chi connectivity index (χ1v) is 5.10. The van der Waals surface area contributed by atoms with Crippen LogP contribution in [0.4, 0.5) is 5.69 Å². The van der Waals surface area contributed by atoms with Crippen LogP contribution in [0.2, 0.25) is 0 Å². The minimum atomic E-state index is -0.666. The molecular weight excluding hydrogens is 220 g/mol. The SMILES string of the molecule is O=c1c([N+](=O)[O-])cccn1CCCCCl. The lowest BCUT2D eigenvalue weighted by Gasteiger charge is -2.03. The summed E-state index contributed by atoms with van der Waals surface area (Å²) in [7, 11) is 0. The Labute approximate surface area is 91.4 Å².